The number of anilines is 1. The van der Waals surface area contributed by atoms with Crippen LogP contribution < -0.4 is 5.32 Å². The Morgan fingerprint density at radius 3 is 2.44 bits per heavy atom. The Hall–Kier alpha value is -1.31. The molecule has 1 aromatic carbocycles. The quantitative estimate of drug-likeness (QED) is 0.829. The first-order valence-corrected chi connectivity index (χ1v) is 6.72. The summed E-state index contributed by atoms with van der Waals surface area (Å²) in [7, 11) is 0. The monoisotopic (exact) mass is 247 g/mol. The highest BCUT2D eigenvalue weighted by Crippen LogP contribution is 2.27. The second kappa shape index (κ2) is 6.03. The van der Waals surface area contributed by atoms with Gasteiger partial charge in [-0.2, -0.15) is 0 Å². The van der Waals surface area contributed by atoms with Crippen LogP contribution >= 0.6 is 0 Å². The zero-order chi connectivity index (χ0) is 13.8. The van der Waals surface area contributed by atoms with E-state index in [1.165, 1.54) is 5.56 Å². The first-order chi connectivity index (χ1) is 8.33. The van der Waals surface area contributed by atoms with Crippen LogP contribution in [0.1, 0.15) is 58.9 Å². The summed E-state index contributed by atoms with van der Waals surface area (Å²) in [6.45, 7) is 10.6. The van der Waals surface area contributed by atoms with Gasteiger partial charge >= 0.3 is 0 Å². The Bertz CT molecular complexity index is 404. The molecule has 0 saturated heterocycles. The van der Waals surface area contributed by atoms with Crippen LogP contribution in [0.4, 0.5) is 5.69 Å². The number of rotatable bonds is 4. The molecule has 0 fully saturated rings. The van der Waals surface area contributed by atoms with Crippen molar-refractivity contribution in [3.8, 4) is 0 Å². The molecule has 100 valence electrons. The molecule has 0 radical (unpaired) electrons. The van der Waals surface area contributed by atoms with Gasteiger partial charge in [0.25, 0.3) is 0 Å². The van der Waals surface area contributed by atoms with Crippen molar-refractivity contribution in [1.82, 2.24) is 0 Å². The lowest BCUT2D eigenvalue weighted by molar-refractivity contribution is -0.117. The van der Waals surface area contributed by atoms with Gasteiger partial charge in [-0.3, -0.25) is 4.79 Å². The zero-order valence-corrected chi connectivity index (χ0v) is 12.2. The van der Waals surface area contributed by atoms with Crippen LogP contribution in [-0.4, -0.2) is 5.91 Å². The lowest BCUT2D eigenvalue weighted by atomic mass is 9.91. The van der Waals surface area contributed by atoms with Gasteiger partial charge in [0.2, 0.25) is 5.91 Å². The third-order valence-electron chi connectivity index (χ3n) is 3.07. The van der Waals surface area contributed by atoms with Gasteiger partial charge in [0.05, 0.1) is 0 Å². The van der Waals surface area contributed by atoms with E-state index in [1.54, 1.807) is 0 Å². The van der Waals surface area contributed by atoms with E-state index in [-0.39, 0.29) is 11.3 Å². The third-order valence-corrected chi connectivity index (χ3v) is 3.07. The number of amides is 1. The number of hydrogen-bond acceptors (Lipinski definition) is 1. The van der Waals surface area contributed by atoms with Crippen LogP contribution in [0.15, 0.2) is 24.3 Å². The molecular weight excluding hydrogens is 222 g/mol. The highest BCUT2D eigenvalue weighted by Gasteiger charge is 2.17. The Morgan fingerprint density at radius 1 is 1.28 bits per heavy atom. The SMILES string of the molecule is CCC(C)c1ccccc1NC(=O)CC(C)(C)C. The molecule has 1 N–H and O–H groups in total. The average molecular weight is 247 g/mol. The summed E-state index contributed by atoms with van der Waals surface area (Å²) in [5.41, 5.74) is 2.21. The van der Waals surface area contributed by atoms with Crippen molar-refractivity contribution in [3.05, 3.63) is 29.8 Å². The van der Waals surface area contributed by atoms with Gasteiger partial charge in [-0.15, -0.1) is 0 Å². The molecule has 2 heteroatoms. The second-order valence-corrected chi connectivity index (χ2v) is 6.18. The molecule has 0 aliphatic heterocycles. The zero-order valence-electron chi connectivity index (χ0n) is 12.2. The summed E-state index contributed by atoms with van der Waals surface area (Å²) < 4.78 is 0. The molecule has 18 heavy (non-hydrogen) atoms. The molecule has 1 unspecified atom stereocenters. The van der Waals surface area contributed by atoms with Gasteiger partial charge in [-0.25, -0.2) is 0 Å². The van der Waals surface area contributed by atoms with Gasteiger partial charge < -0.3 is 5.32 Å². The molecule has 0 spiro atoms. The summed E-state index contributed by atoms with van der Waals surface area (Å²) in [6.07, 6.45) is 1.62. The van der Waals surface area contributed by atoms with Crippen molar-refractivity contribution in [1.29, 1.82) is 0 Å². The largest absolute Gasteiger partial charge is 0.326 e. The first-order valence-electron chi connectivity index (χ1n) is 6.72. The average Bonchev–Trinajstić information content (AvgIpc) is 2.26. The third kappa shape index (κ3) is 4.52. The second-order valence-electron chi connectivity index (χ2n) is 6.18. The minimum Gasteiger partial charge on any atom is -0.326 e. The Morgan fingerprint density at radius 2 is 1.89 bits per heavy atom. The predicted octanol–water partition coefficient (Wildman–Crippen LogP) is 4.57. The van der Waals surface area contributed by atoms with E-state index in [0.29, 0.717) is 12.3 Å². The van der Waals surface area contributed by atoms with Crippen LogP contribution in [0.25, 0.3) is 0 Å². The van der Waals surface area contributed by atoms with E-state index in [1.807, 2.05) is 18.2 Å². The van der Waals surface area contributed by atoms with Crippen molar-refractivity contribution in [3.63, 3.8) is 0 Å². The molecule has 0 aliphatic carbocycles. The number of para-hydroxylation sites is 1. The fourth-order valence-corrected chi connectivity index (χ4v) is 1.94. The van der Waals surface area contributed by atoms with Crippen LogP contribution in [0.2, 0.25) is 0 Å². The number of benzene rings is 1. The Balaban J connectivity index is 2.81. The standard InChI is InChI=1S/C16H25NO/c1-6-12(2)13-9-7-8-10-14(13)17-15(18)11-16(3,4)5/h7-10,12H,6,11H2,1-5H3,(H,17,18). The minimum absolute atomic E-state index is 0.0232. The van der Waals surface area contributed by atoms with Crippen LogP contribution in [-0.2, 0) is 4.79 Å². The van der Waals surface area contributed by atoms with Crippen molar-refractivity contribution < 1.29 is 4.79 Å². The summed E-state index contributed by atoms with van der Waals surface area (Å²) in [4.78, 5) is 12.0. The highest BCUT2D eigenvalue weighted by atomic mass is 16.1. The van der Waals surface area contributed by atoms with Crippen molar-refractivity contribution in [2.45, 2.75) is 53.4 Å². The summed E-state index contributed by atoms with van der Waals surface area (Å²) in [5, 5.41) is 3.04. The molecule has 2 nitrogen and oxygen atoms in total. The van der Waals surface area contributed by atoms with E-state index < -0.39 is 0 Å². The van der Waals surface area contributed by atoms with E-state index in [9.17, 15) is 4.79 Å². The number of carbonyl (C=O) groups excluding carboxylic acids is 1. The molecule has 1 amide bonds. The van der Waals surface area contributed by atoms with Crippen molar-refractivity contribution >= 4 is 11.6 Å². The molecule has 0 heterocycles. The fraction of sp³-hybridized carbons (Fsp3) is 0.562. The highest BCUT2D eigenvalue weighted by molar-refractivity contribution is 5.92. The van der Waals surface area contributed by atoms with Crippen molar-refractivity contribution in [2.75, 3.05) is 5.32 Å². The van der Waals surface area contributed by atoms with Gasteiger partial charge in [-0.05, 0) is 29.4 Å². The van der Waals surface area contributed by atoms with E-state index in [4.69, 9.17) is 0 Å². The van der Waals surface area contributed by atoms with Gasteiger partial charge in [0.1, 0.15) is 0 Å². The molecule has 0 saturated carbocycles. The van der Waals surface area contributed by atoms with Gasteiger partial charge in [0.15, 0.2) is 0 Å². The molecule has 0 aliphatic rings. The van der Waals surface area contributed by atoms with Gasteiger partial charge in [-0.1, -0.05) is 52.8 Å². The first kappa shape index (κ1) is 14.7. The maximum absolute atomic E-state index is 12.0. The minimum atomic E-state index is 0.0232. The molecular formula is C16H25NO. The van der Waals surface area contributed by atoms with Gasteiger partial charge in [0, 0.05) is 12.1 Å². The van der Waals surface area contributed by atoms with E-state index in [0.717, 1.165) is 12.1 Å². The molecule has 0 aromatic heterocycles. The van der Waals surface area contributed by atoms with Crippen LogP contribution in [0, 0.1) is 5.41 Å². The van der Waals surface area contributed by atoms with Crippen molar-refractivity contribution in [2.24, 2.45) is 5.41 Å². The maximum Gasteiger partial charge on any atom is 0.224 e. The van der Waals surface area contributed by atoms with E-state index >= 15 is 0 Å². The lowest BCUT2D eigenvalue weighted by Gasteiger charge is -2.19. The lowest BCUT2D eigenvalue weighted by Crippen LogP contribution is -2.20. The molecule has 0 bridgehead atoms. The summed E-state index contributed by atoms with van der Waals surface area (Å²) in [6, 6.07) is 8.09. The molecule has 1 rings (SSSR count). The Kier molecular flexibility index (Phi) is 4.94. The number of hydrogen-bond donors (Lipinski definition) is 1. The fourth-order valence-electron chi connectivity index (χ4n) is 1.94. The smallest absolute Gasteiger partial charge is 0.224 e. The van der Waals surface area contributed by atoms with Crippen LogP contribution in [0.5, 0.6) is 0 Å². The van der Waals surface area contributed by atoms with Crippen LogP contribution in [0.3, 0.4) is 0 Å². The predicted molar refractivity (Wildman–Crippen MR) is 77.8 cm³/mol. The van der Waals surface area contributed by atoms with E-state index in [2.05, 4.69) is 46.0 Å². The molecule has 1 aromatic rings. The maximum atomic E-state index is 12.0. The Labute approximate surface area is 111 Å². The topological polar surface area (TPSA) is 29.1 Å². The normalized spacial score (nSPS) is 13.2. The summed E-state index contributed by atoms with van der Waals surface area (Å²) in [5.74, 6) is 0.564. The number of nitrogens with one attached hydrogen (secondary N) is 1. The summed E-state index contributed by atoms with van der Waals surface area (Å²) >= 11 is 0. The molecule has 1 atom stereocenters. The number of carbonyl (C=O) groups is 1.